The summed E-state index contributed by atoms with van der Waals surface area (Å²) in [5.41, 5.74) is 1.51. The lowest BCUT2D eigenvalue weighted by molar-refractivity contribution is -0.131. The van der Waals surface area contributed by atoms with Crippen LogP contribution in [0.15, 0.2) is 24.3 Å². The van der Waals surface area contributed by atoms with E-state index in [9.17, 15) is 9.59 Å². The van der Waals surface area contributed by atoms with Crippen LogP contribution in [0.25, 0.3) is 0 Å². The first-order chi connectivity index (χ1) is 10.1. The summed E-state index contributed by atoms with van der Waals surface area (Å²) in [5.74, 6) is 0.149. The van der Waals surface area contributed by atoms with Gasteiger partial charge in [0.15, 0.2) is 0 Å². The molecule has 2 heterocycles. The number of benzene rings is 1. The van der Waals surface area contributed by atoms with Crippen LogP contribution in [0.3, 0.4) is 0 Å². The molecule has 2 fully saturated rings. The molecule has 0 aromatic heterocycles. The van der Waals surface area contributed by atoms with E-state index >= 15 is 0 Å². The highest BCUT2D eigenvalue weighted by Gasteiger charge is 2.64. The predicted octanol–water partition coefficient (Wildman–Crippen LogP) is 2.35. The Morgan fingerprint density at radius 2 is 1.95 bits per heavy atom. The second-order valence-corrected chi connectivity index (χ2v) is 6.69. The summed E-state index contributed by atoms with van der Waals surface area (Å²) < 4.78 is 0. The van der Waals surface area contributed by atoms with Gasteiger partial charge in [0.1, 0.15) is 0 Å². The van der Waals surface area contributed by atoms with Crippen molar-refractivity contribution in [3.05, 3.63) is 29.8 Å². The predicted molar refractivity (Wildman–Crippen MR) is 79.9 cm³/mol. The Hall–Kier alpha value is -1.84. The number of anilines is 1. The van der Waals surface area contributed by atoms with Crippen LogP contribution < -0.4 is 10.6 Å². The van der Waals surface area contributed by atoms with Crippen LogP contribution in [0.2, 0.25) is 0 Å². The molecule has 4 heteroatoms. The third kappa shape index (κ3) is 1.56. The van der Waals surface area contributed by atoms with E-state index < -0.39 is 5.41 Å². The maximum Gasteiger partial charge on any atom is 0.237 e. The molecule has 4 nitrogen and oxygen atoms in total. The highest BCUT2D eigenvalue weighted by atomic mass is 16.2. The summed E-state index contributed by atoms with van der Waals surface area (Å²) in [6.45, 7) is 2.17. The molecule has 1 aromatic rings. The lowest BCUT2D eigenvalue weighted by Gasteiger charge is -2.44. The van der Waals surface area contributed by atoms with Crippen molar-refractivity contribution in [3.63, 3.8) is 0 Å². The van der Waals surface area contributed by atoms with Crippen molar-refractivity contribution in [1.29, 1.82) is 0 Å². The molecule has 2 amide bonds. The fourth-order valence-corrected chi connectivity index (χ4v) is 4.37. The zero-order chi connectivity index (χ0) is 14.7. The van der Waals surface area contributed by atoms with Crippen LogP contribution in [0.5, 0.6) is 0 Å². The molecule has 2 unspecified atom stereocenters. The molecule has 0 bridgehead atoms. The number of amides is 2. The molecule has 1 saturated heterocycles. The molecule has 2 aliphatic heterocycles. The molecule has 21 heavy (non-hydrogen) atoms. The Labute approximate surface area is 124 Å². The third-order valence-corrected chi connectivity index (χ3v) is 5.81. The van der Waals surface area contributed by atoms with Crippen molar-refractivity contribution >= 4 is 17.5 Å². The number of piperidine rings is 1. The number of hydrogen-bond acceptors (Lipinski definition) is 2. The molecule has 1 aromatic carbocycles. The van der Waals surface area contributed by atoms with Gasteiger partial charge in [0.2, 0.25) is 11.8 Å². The maximum absolute atomic E-state index is 12.9. The highest BCUT2D eigenvalue weighted by molar-refractivity contribution is 6.08. The van der Waals surface area contributed by atoms with E-state index in [1.54, 1.807) is 0 Å². The van der Waals surface area contributed by atoms with E-state index in [2.05, 4.69) is 17.6 Å². The summed E-state index contributed by atoms with van der Waals surface area (Å²) in [6, 6.07) is 7.87. The minimum Gasteiger partial charge on any atom is -0.351 e. The number of fused-ring (bicyclic) bond motifs is 2. The van der Waals surface area contributed by atoms with Gasteiger partial charge in [-0.2, -0.15) is 0 Å². The van der Waals surface area contributed by atoms with Crippen molar-refractivity contribution in [3.8, 4) is 0 Å². The van der Waals surface area contributed by atoms with Gasteiger partial charge < -0.3 is 10.6 Å². The minimum absolute atomic E-state index is 0.0634. The summed E-state index contributed by atoms with van der Waals surface area (Å²) in [7, 11) is 0. The van der Waals surface area contributed by atoms with Gasteiger partial charge in [0, 0.05) is 12.1 Å². The van der Waals surface area contributed by atoms with Gasteiger partial charge in [-0.1, -0.05) is 25.1 Å². The fourth-order valence-electron chi connectivity index (χ4n) is 4.37. The van der Waals surface area contributed by atoms with Crippen LogP contribution in [-0.2, 0) is 15.0 Å². The van der Waals surface area contributed by atoms with Gasteiger partial charge in [-0.25, -0.2) is 0 Å². The third-order valence-electron chi connectivity index (χ3n) is 5.81. The Kier molecular flexibility index (Phi) is 2.51. The van der Waals surface area contributed by atoms with Crippen molar-refractivity contribution in [2.45, 2.75) is 50.5 Å². The van der Waals surface area contributed by atoms with E-state index in [1.807, 2.05) is 24.3 Å². The molecule has 2 atom stereocenters. The van der Waals surface area contributed by atoms with Crippen molar-refractivity contribution in [2.24, 2.45) is 5.41 Å². The number of carbonyl (C=O) groups is 2. The summed E-state index contributed by atoms with van der Waals surface area (Å²) in [5, 5.41) is 6.21. The van der Waals surface area contributed by atoms with Gasteiger partial charge in [-0.05, 0) is 42.7 Å². The van der Waals surface area contributed by atoms with Crippen LogP contribution >= 0.6 is 0 Å². The smallest absolute Gasteiger partial charge is 0.237 e. The number of rotatable bonds is 2. The number of nitrogens with one attached hydrogen (secondary N) is 2. The van der Waals surface area contributed by atoms with Gasteiger partial charge in [-0.3, -0.25) is 9.59 Å². The number of hydrogen-bond donors (Lipinski definition) is 2. The van der Waals surface area contributed by atoms with Crippen molar-refractivity contribution < 1.29 is 9.59 Å². The quantitative estimate of drug-likeness (QED) is 0.876. The average Bonchev–Trinajstić information content (AvgIpc) is 3.24. The Bertz CT molecular complexity index is 635. The standard InChI is InChI=1S/C17H20N2O2/c1-2-16(9-10-16)14-17(8-7-13(20)19-14)11-5-3-4-6-12(11)18-15(17)21/h3-6,14H,2,7-10H2,1H3,(H,18,21)(H,19,20). The molecule has 3 aliphatic rings. The van der Waals surface area contributed by atoms with Gasteiger partial charge >= 0.3 is 0 Å². The SMILES string of the molecule is CCC1(C2NC(=O)CCC23C(=O)Nc2ccccc23)CC1. The summed E-state index contributed by atoms with van der Waals surface area (Å²) in [6.07, 6.45) is 4.26. The van der Waals surface area contributed by atoms with E-state index in [0.29, 0.717) is 12.8 Å². The van der Waals surface area contributed by atoms with Gasteiger partial charge in [0.25, 0.3) is 0 Å². The zero-order valence-corrected chi connectivity index (χ0v) is 12.2. The van der Waals surface area contributed by atoms with Crippen LogP contribution in [-0.4, -0.2) is 17.9 Å². The Morgan fingerprint density at radius 3 is 2.67 bits per heavy atom. The molecule has 4 rings (SSSR count). The second kappa shape index (κ2) is 4.09. The molecule has 1 spiro atoms. The van der Waals surface area contributed by atoms with Crippen LogP contribution in [0.4, 0.5) is 5.69 Å². The first-order valence-corrected chi connectivity index (χ1v) is 7.83. The Morgan fingerprint density at radius 1 is 1.19 bits per heavy atom. The Balaban J connectivity index is 1.88. The number of para-hydroxylation sites is 1. The fraction of sp³-hybridized carbons (Fsp3) is 0.529. The summed E-state index contributed by atoms with van der Waals surface area (Å²) >= 11 is 0. The largest absolute Gasteiger partial charge is 0.351 e. The first kappa shape index (κ1) is 12.9. The zero-order valence-electron chi connectivity index (χ0n) is 12.2. The lowest BCUT2D eigenvalue weighted by Crippen LogP contribution is -2.61. The average molecular weight is 284 g/mol. The van der Waals surface area contributed by atoms with Crippen LogP contribution in [0.1, 0.15) is 44.6 Å². The van der Waals surface area contributed by atoms with E-state index in [-0.39, 0.29) is 23.3 Å². The monoisotopic (exact) mass is 284 g/mol. The lowest BCUT2D eigenvalue weighted by atomic mass is 9.64. The van der Waals surface area contributed by atoms with E-state index in [1.165, 1.54) is 0 Å². The molecule has 2 N–H and O–H groups in total. The second-order valence-electron chi connectivity index (χ2n) is 6.69. The maximum atomic E-state index is 12.9. The molecule has 1 saturated carbocycles. The molecule has 110 valence electrons. The van der Waals surface area contributed by atoms with Gasteiger partial charge in [0.05, 0.1) is 11.5 Å². The van der Waals surface area contributed by atoms with Crippen LogP contribution in [0, 0.1) is 5.41 Å². The first-order valence-electron chi connectivity index (χ1n) is 7.83. The van der Waals surface area contributed by atoms with Crippen molar-refractivity contribution in [2.75, 3.05) is 5.32 Å². The van der Waals surface area contributed by atoms with Crippen molar-refractivity contribution in [1.82, 2.24) is 5.32 Å². The van der Waals surface area contributed by atoms with E-state index in [4.69, 9.17) is 0 Å². The normalized spacial score (nSPS) is 32.5. The highest BCUT2D eigenvalue weighted by Crippen LogP contribution is 2.60. The molecular weight excluding hydrogens is 264 g/mol. The molecule has 0 radical (unpaired) electrons. The van der Waals surface area contributed by atoms with E-state index in [0.717, 1.165) is 30.5 Å². The summed E-state index contributed by atoms with van der Waals surface area (Å²) in [4.78, 5) is 24.8. The topological polar surface area (TPSA) is 58.2 Å². The minimum atomic E-state index is -0.572. The molecule has 1 aliphatic carbocycles. The number of carbonyl (C=O) groups excluding carboxylic acids is 2. The van der Waals surface area contributed by atoms with Gasteiger partial charge in [-0.15, -0.1) is 0 Å². The molecular formula is C17H20N2O2.